The first-order valence-corrected chi connectivity index (χ1v) is 19.8. The van der Waals surface area contributed by atoms with Crippen molar-refractivity contribution in [1.82, 2.24) is 14.8 Å². The number of methoxy groups -OCH3 is 2. The molecular weight excluding hydrogens is 706 g/mol. The summed E-state index contributed by atoms with van der Waals surface area (Å²) in [7, 11) is 4.95. The molecule has 1 aliphatic carbocycles. The predicted octanol–water partition coefficient (Wildman–Crippen LogP) is 5.78. The van der Waals surface area contributed by atoms with Crippen molar-refractivity contribution in [3.63, 3.8) is 0 Å². The maximum absolute atomic E-state index is 15.2. The van der Waals surface area contributed by atoms with Gasteiger partial charge in [0.15, 0.2) is 0 Å². The number of hydrogen-bond donors (Lipinski definition) is 2. The highest BCUT2D eigenvalue weighted by molar-refractivity contribution is 5.94. The van der Waals surface area contributed by atoms with Gasteiger partial charge in [0, 0.05) is 97.4 Å². The molecule has 0 radical (unpaired) electrons. The summed E-state index contributed by atoms with van der Waals surface area (Å²) in [5, 5.41) is 13.2. The average Bonchev–Trinajstić information content (AvgIpc) is 3.81. The number of alkyl halides is 2. The van der Waals surface area contributed by atoms with Gasteiger partial charge in [0.1, 0.15) is 23.4 Å². The minimum atomic E-state index is -2.89. The molecule has 1 saturated carbocycles. The quantitative estimate of drug-likeness (QED) is 0.247. The molecule has 3 aromatic rings. The Labute approximate surface area is 321 Å². The normalized spacial score (nSPS) is 34.6. The van der Waals surface area contributed by atoms with Gasteiger partial charge in [0.05, 0.1) is 20.3 Å². The van der Waals surface area contributed by atoms with Crippen molar-refractivity contribution in [2.45, 2.75) is 94.5 Å². The summed E-state index contributed by atoms with van der Waals surface area (Å²) in [6.45, 7) is 9.16. The minimum absolute atomic E-state index is 0.0790. The number of aliphatic hydroxyl groups excluding tert-OH is 1. The number of aliphatic hydroxyl groups is 1. The molecular formula is C43H54F2N4O6. The first-order chi connectivity index (χ1) is 26.3. The number of nitrogens with one attached hydrogen (secondary N) is 1. The van der Waals surface area contributed by atoms with Crippen LogP contribution in [0.1, 0.15) is 69.3 Å². The zero-order valence-corrected chi connectivity index (χ0v) is 32.9. The second kappa shape index (κ2) is 13.6. The van der Waals surface area contributed by atoms with E-state index in [1.165, 1.54) is 14.0 Å². The van der Waals surface area contributed by atoms with Gasteiger partial charge in [-0.25, -0.2) is 8.78 Å². The zero-order valence-electron chi connectivity index (χ0n) is 32.9. The highest BCUT2D eigenvalue weighted by atomic mass is 19.3. The minimum Gasteiger partial charge on any atom is -0.496 e. The third-order valence-corrected chi connectivity index (χ3v) is 13.8. The second-order valence-corrected chi connectivity index (χ2v) is 16.5. The Morgan fingerprint density at radius 3 is 2.55 bits per heavy atom. The number of hydrogen-bond acceptors (Lipinski definition) is 9. The van der Waals surface area contributed by atoms with Gasteiger partial charge in [-0.3, -0.25) is 19.4 Å². The lowest BCUT2D eigenvalue weighted by atomic mass is 9.58. The summed E-state index contributed by atoms with van der Waals surface area (Å²) in [5.74, 6) is -4.69. The number of likely N-dealkylation sites (N-methyl/N-ethyl adjacent to an activating group) is 1. The van der Waals surface area contributed by atoms with Crippen LogP contribution in [0.2, 0.25) is 0 Å². The van der Waals surface area contributed by atoms with Crippen LogP contribution >= 0.6 is 0 Å². The topological polar surface area (TPSA) is 108 Å². The van der Waals surface area contributed by atoms with E-state index in [0.29, 0.717) is 30.1 Å². The van der Waals surface area contributed by atoms with Gasteiger partial charge in [-0.05, 0) is 61.9 Å². The number of aromatic nitrogens is 1. The lowest BCUT2D eigenvalue weighted by molar-refractivity contribution is -0.166. The number of fused-ring (bicyclic) bond motifs is 6. The molecule has 2 aromatic carbocycles. The SMILES string of the molecule is CC.COC(=O)[C@]1(c2cc3c(cc2OC)N(C)[C@H]2[C@H](O)[C@H](OC(C)=O)C4C=CCN5CC[C@]32C45)CC2CC(C(C)(F)F)CN(Cc3c1[nH]c1ccccc31)C2. The van der Waals surface area contributed by atoms with E-state index in [0.717, 1.165) is 54.2 Å². The monoisotopic (exact) mass is 760 g/mol. The molecule has 5 unspecified atom stereocenters. The molecule has 2 bridgehead atoms. The van der Waals surface area contributed by atoms with Crippen LogP contribution in [0, 0.1) is 17.8 Å². The number of H-pyrrole nitrogens is 1. The number of carbonyl (C=O) groups is 2. The highest BCUT2D eigenvalue weighted by Crippen LogP contribution is 2.62. The largest absolute Gasteiger partial charge is 0.496 e. The van der Waals surface area contributed by atoms with Crippen LogP contribution in [0.4, 0.5) is 14.5 Å². The molecule has 5 aliphatic heterocycles. The van der Waals surface area contributed by atoms with Crippen molar-refractivity contribution in [3.8, 4) is 5.75 Å². The number of piperidine rings is 1. The standard InChI is InChI=1S/C41H48F2N4O6.C2H6/c1-22(48)53-34-26-10-8-13-47-14-12-40(36(26)47)28-16-29(32(51-4)17-31(28)45(3)37(40)33(34)49)41(38(50)52-5)18-23-15-24(39(2,42)43)20-46(19-23)21-27-25-9-6-7-11-30(25)44-35(27)41;1-2/h6-11,16-17,23-24,26,33-34,36-37,44,49H,12-15,18-21H2,1-5H3;1-2H3/t23?,24?,26?,33-,34-,36?,37+,40-,41+;/m1./s1. The number of rotatable bonds is 5. The van der Waals surface area contributed by atoms with Crippen LogP contribution in [0.25, 0.3) is 10.9 Å². The van der Waals surface area contributed by atoms with E-state index >= 15 is 8.78 Å². The van der Waals surface area contributed by atoms with Crippen molar-refractivity contribution >= 4 is 28.5 Å². The van der Waals surface area contributed by atoms with Gasteiger partial charge in [-0.2, -0.15) is 0 Å². The molecule has 6 aliphatic rings. The fraction of sp³-hybridized carbons (Fsp3) is 0.581. The molecule has 2 N–H and O–H groups in total. The molecule has 12 heteroatoms. The summed E-state index contributed by atoms with van der Waals surface area (Å²) >= 11 is 0. The summed E-state index contributed by atoms with van der Waals surface area (Å²) in [6.07, 6.45) is 3.73. The lowest BCUT2D eigenvalue weighted by Crippen LogP contribution is -2.69. The molecule has 296 valence electrons. The number of benzene rings is 2. The summed E-state index contributed by atoms with van der Waals surface area (Å²) in [5.41, 5.74) is 2.94. The molecule has 10 nitrogen and oxygen atoms in total. The molecule has 55 heavy (non-hydrogen) atoms. The number of para-hydroxylation sites is 1. The Kier molecular flexibility index (Phi) is 9.36. The molecule has 3 fully saturated rings. The van der Waals surface area contributed by atoms with Gasteiger partial charge in [-0.1, -0.05) is 44.2 Å². The smallest absolute Gasteiger partial charge is 0.322 e. The van der Waals surface area contributed by atoms with Gasteiger partial charge >= 0.3 is 11.9 Å². The molecule has 1 aromatic heterocycles. The van der Waals surface area contributed by atoms with Crippen molar-refractivity contribution in [2.24, 2.45) is 17.8 Å². The van der Waals surface area contributed by atoms with Crippen LogP contribution in [0.15, 0.2) is 48.6 Å². The molecule has 10 atom stereocenters. The van der Waals surface area contributed by atoms with E-state index < -0.39 is 52.9 Å². The third kappa shape index (κ3) is 5.40. The molecule has 0 amide bonds. The highest BCUT2D eigenvalue weighted by Gasteiger charge is 2.69. The van der Waals surface area contributed by atoms with Gasteiger partial charge in [-0.15, -0.1) is 0 Å². The lowest BCUT2D eigenvalue weighted by Gasteiger charge is -2.54. The molecule has 6 heterocycles. The van der Waals surface area contributed by atoms with Crippen LogP contribution in [-0.2, 0) is 36.4 Å². The predicted molar refractivity (Wildman–Crippen MR) is 206 cm³/mol. The van der Waals surface area contributed by atoms with Crippen molar-refractivity contribution < 1.29 is 37.7 Å². The van der Waals surface area contributed by atoms with Gasteiger partial charge in [0.25, 0.3) is 0 Å². The third-order valence-electron chi connectivity index (χ3n) is 13.8. The van der Waals surface area contributed by atoms with Crippen LogP contribution < -0.4 is 9.64 Å². The zero-order chi connectivity index (χ0) is 39.2. The van der Waals surface area contributed by atoms with Crippen molar-refractivity contribution in [3.05, 3.63) is 70.9 Å². The van der Waals surface area contributed by atoms with Crippen LogP contribution in [0.5, 0.6) is 5.75 Å². The van der Waals surface area contributed by atoms with E-state index in [2.05, 4.69) is 37.9 Å². The van der Waals surface area contributed by atoms with E-state index in [-0.39, 0.29) is 37.3 Å². The average molecular weight is 761 g/mol. The first kappa shape index (κ1) is 37.9. The van der Waals surface area contributed by atoms with E-state index in [1.807, 2.05) is 51.2 Å². The van der Waals surface area contributed by atoms with Gasteiger partial charge in [0.2, 0.25) is 5.92 Å². The number of anilines is 1. The fourth-order valence-electron chi connectivity index (χ4n) is 11.9. The molecule has 1 spiro atoms. The Hall–Kier alpha value is -4.00. The second-order valence-electron chi connectivity index (χ2n) is 16.5. The van der Waals surface area contributed by atoms with Crippen molar-refractivity contribution in [2.75, 3.05) is 52.3 Å². The van der Waals surface area contributed by atoms with E-state index in [9.17, 15) is 14.7 Å². The number of nitrogens with zero attached hydrogens (tertiary/aromatic N) is 3. The fourth-order valence-corrected chi connectivity index (χ4v) is 11.9. The van der Waals surface area contributed by atoms with E-state index in [1.54, 1.807) is 7.11 Å². The Morgan fingerprint density at radius 1 is 1.07 bits per heavy atom. The van der Waals surface area contributed by atoms with Gasteiger partial charge < -0.3 is 29.2 Å². The Morgan fingerprint density at radius 2 is 1.84 bits per heavy atom. The summed E-state index contributed by atoms with van der Waals surface area (Å²) in [6, 6.07) is 11.5. The number of carbonyl (C=O) groups excluding carboxylic acids is 2. The first-order valence-electron chi connectivity index (χ1n) is 19.8. The van der Waals surface area contributed by atoms with E-state index in [4.69, 9.17) is 14.2 Å². The van der Waals surface area contributed by atoms with Crippen molar-refractivity contribution in [1.29, 1.82) is 0 Å². The maximum Gasteiger partial charge on any atom is 0.322 e. The van der Waals surface area contributed by atoms with Crippen LogP contribution in [-0.4, -0.2) is 109 Å². The number of halogens is 2. The number of esters is 2. The number of aromatic amines is 1. The summed E-state index contributed by atoms with van der Waals surface area (Å²) in [4.78, 5) is 37.7. The Balaban J connectivity index is 0.00000210. The molecule has 9 rings (SSSR count). The molecule has 2 saturated heterocycles. The summed E-state index contributed by atoms with van der Waals surface area (Å²) < 4.78 is 48.3. The van der Waals surface area contributed by atoms with Crippen LogP contribution in [0.3, 0.4) is 0 Å². The maximum atomic E-state index is 15.2. The Bertz CT molecular complexity index is 2030. The number of ether oxygens (including phenoxy) is 3.